The third-order valence-corrected chi connectivity index (χ3v) is 17.3. The Morgan fingerprint density at radius 2 is 1.54 bits per heavy atom. The number of ether oxygens (including phenoxy) is 11. The van der Waals surface area contributed by atoms with Crippen LogP contribution in [0.5, 0.6) is 17.2 Å². The Bertz CT molecular complexity index is 2630. The normalized spacial score (nSPS) is 38.3. The van der Waals surface area contributed by atoms with Crippen molar-refractivity contribution >= 4 is 11.8 Å². The van der Waals surface area contributed by atoms with Gasteiger partial charge in [0.25, 0.3) is 0 Å². The minimum atomic E-state index is -1.84. The van der Waals surface area contributed by atoms with Crippen LogP contribution in [0.25, 0.3) is 0 Å². The van der Waals surface area contributed by atoms with Crippen LogP contribution in [0.15, 0.2) is 102 Å². The van der Waals surface area contributed by atoms with Crippen LogP contribution in [0.4, 0.5) is 0 Å². The van der Waals surface area contributed by atoms with E-state index in [0.717, 1.165) is 29.4 Å². The monoisotopic (exact) mass is 1130 g/mol. The predicted octanol–water partition coefficient (Wildman–Crippen LogP) is 7.91. The van der Waals surface area contributed by atoms with Gasteiger partial charge in [-0.3, -0.25) is 9.59 Å². The molecule has 0 amide bonds. The van der Waals surface area contributed by atoms with E-state index in [4.69, 9.17) is 52.1 Å². The standard InChI is InChI=1S/C48H72O14.C15H14O4/c1-11-25(2)43-28(5)17-18-47(62-43)23-34-20-33(61-47)16-15-27(4)42(26(3)13-12-14-32-24-55-45-40(49)29(6)19-35(46(51)58-34)48(32,45)52)59-39-22-37(54-10)44(31(8)57-39)60-38-21-36(53-9)41(50)30(7)56-38;1-19-12-5-2-10(3-6-12)8-14(17)13-7-4-11(16)9-15(13)18/h12-15,17-19,25-26,28,30-31,33-45,49-50,52H,11,16,20-24H2,1-10H3;2-7,9,16,18H,8H2,1H3. The number of allylic oxidation sites excluding steroid dienone is 2. The summed E-state index contributed by atoms with van der Waals surface area (Å²) in [5, 5.41) is 53.0. The quantitative estimate of drug-likeness (QED) is 0.0771. The molecular weight excluding hydrogens is 1040 g/mol. The van der Waals surface area contributed by atoms with Crippen LogP contribution < -0.4 is 4.74 Å². The average Bonchev–Trinajstić information content (AvgIpc) is 3.32. The van der Waals surface area contributed by atoms with Crippen LogP contribution in [-0.2, 0) is 58.6 Å². The summed E-state index contributed by atoms with van der Waals surface area (Å²) in [6.45, 7) is 16.1. The number of esters is 1. The first-order chi connectivity index (χ1) is 38.6. The minimum Gasteiger partial charge on any atom is -0.508 e. The van der Waals surface area contributed by atoms with Gasteiger partial charge in [-0.25, -0.2) is 0 Å². The van der Waals surface area contributed by atoms with Gasteiger partial charge in [0, 0.05) is 64.2 Å². The molecule has 0 saturated carbocycles. The summed E-state index contributed by atoms with van der Waals surface area (Å²) in [6, 6.07) is 11.1. The van der Waals surface area contributed by atoms with E-state index in [1.807, 2.05) is 32.1 Å². The molecule has 6 heterocycles. The van der Waals surface area contributed by atoms with Gasteiger partial charge >= 0.3 is 5.97 Å². The fourth-order valence-corrected chi connectivity index (χ4v) is 12.3. The summed E-state index contributed by atoms with van der Waals surface area (Å²) in [6.07, 6.45) is 8.73. The summed E-state index contributed by atoms with van der Waals surface area (Å²) in [5.74, 6) is -2.32. The number of methoxy groups -OCH3 is 3. The van der Waals surface area contributed by atoms with Crippen molar-refractivity contribution in [2.75, 3.05) is 27.9 Å². The van der Waals surface area contributed by atoms with Crippen LogP contribution in [0.1, 0.15) is 110 Å². The van der Waals surface area contributed by atoms with Gasteiger partial charge in [0.15, 0.2) is 24.2 Å². The van der Waals surface area contributed by atoms with Crippen LogP contribution >= 0.6 is 0 Å². The van der Waals surface area contributed by atoms with Gasteiger partial charge in [-0.05, 0) is 92.7 Å². The van der Waals surface area contributed by atoms with Crippen molar-refractivity contribution in [2.24, 2.45) is 23.7 Å². The molecule has 4 saturated heterocycles. The van der Waals surface area contributed by atoms with E-state index in [9.17, 15) is 35.1 Å². The molecule has 446 valence electrons. The van der Waals surface area contributed by atoms with E-state index >= 15 is 0 Å². The third kappa shape index (κ3) is 14.1. The second-order valence-electron chi connectivity index (χ2n) is 23.1. The van der Waals surface area contributed by atoms with Gasteiger partial charge in [-0.1, -0.05) is 82.7 Å². The Morgan fingerprint density at radius 1 is 0.840 bits per heavy atom. The lowest BCUT2D eigenvalue weighted by Crippen LogP contribution is -2.58. The summed E-state index contributed by atoms with van der Waals surface area (Å²) in [7, 11) is 4.80. The van der Waals surface area contributed by atoms with Crippen LogP contribution in [-0.4, -0.2) is 162 Å². The number of aromatic hydroxyl groups is 2. The Balaban J connectivity index is 0.000000381. The maximum Gasteiger partial charge on any atom is 0.316 e. The number of Topliss-reactive ketones (excluding diaryl/α,β-unsaturated/α-hetero) is 1. The Kier molecular flexibility index (Phi) is 20.6. The zero-order valence-electron chi connectivity index (χ0n) is 48.7. The molecule has 0 aromatic heterocycles. The molecule has 0 radical (unpaired) electrons. The minimum absolute atomic E-state index is 0.0317. The molecule has 18 nitrogen and oxygen atoms in total. The number of aliphatic hydroxyl groups excluding tert-OH is 2. The first kappa shape index (κ1) is 62.3. The van der Waals surface area contributed by atoms with Crippen molar-refractivity contribution in [3.05, 3.63) is 113 Å². The number of phenolic OH excluding ortho intramolecular Hbond substituents is 2. The van der Waals surface area contributed by atoms with Gasteiger partial charge in [0.2, 0.25) is 0 Å². The van der Waals surface area contributed by atoms with Gasteiger partial charge < -0.3 is 77.6 Å². The second-order valence-corrected chi connectivity index (χ2v) is 23.1. The summed E-state index contributed by atoms with van der Waals surface area (Å²) >= 11 is 0. The van der Waals surface area contributed by atoms with E-state index in [0.29, 0.717) is 43.3 Å². The molecule has 18 heteroatoms. The topological polar surface area (TPSA) is 237 Å². The molecule has 2 aromatic rings. The molecule has 81 heavy (non-hydrogen) atoms. The van der Waals surface area contributed by atoms with Crippen molar-refractivity contribution in [3.63, 3.8) is 0 Å². The van der Waals surface area contributed by atoms with Gasteiger partial charge in [0.05, 0.1) is 62.0 Å². The number of phenols is 2. The molecule has 20 unspecified atom stereocenters. The first-order valence-electron chi connectivity index (χ1n) is 28.6. The molecule has 4 fully saturated rings. The summed E-state index contributed by atoms with van der Waals surface area (Å²) in [4.78, 5) is 26.4. The lowest BCUT2D eigenvalue weighted by atomic mass is 9.71. The Morgan fingerprint density at radius 3 is 2.23 bits per heavy atom. The Labute approximate surface area is 476 Å². The fraction of sp³-hybridized carbons (Fsp3) is 0.619. The molecular formula is C63H86O18. The van der Waals surface area contributed by atoms with Crippen molar-refractivity contribution < 1.29 is 87.2 Å². The van der Waals surface area contributed by atoms with Crippen LogP contribution in [0.3, 0.4) is 0 Å². The molecule has 1 spiro atoms. The van der Waals surface area contributed by atoms with Gasteiger partial charge in [0.1, 0.15) is 59.3 Å². The highest BCUT2D eigenvalue weighted by atomic mass is 16.7. The summed E-state index contributed by atoms with van der Waals surface area (Å²) < 4.78 is 68.7. The molecule has 20 atom stereocenters. The zero-order chi connectivity index (χ0) is 58.5. The van der Waals surface area contributed by atoms with Crippen molar-refractivity contribution in [2.45, 2.75) is 198 Å². The van der Waals surface area contributed by atoms with E-state index in [-0.39, 0.29) is 71.9 Å². The fourth-order valence-electron chi connectivity index (χ4n) is 12.3. The molecule has 9 rings (SSSR count). The van der Waals surface area contributed by atoms with Crippen molar-refractivity contribution in [1.82, 2.24) is 0 Å². The number of rotatable bonds is 12. The molecule has 2 bridgehead atoms. The number of hydrogen-bond acceptors (Lipinski definition) is 18. The van der Waals surface area contributed by atoms with Crippen LogP contribution in [0.2, 0.25) is 0 Å². The third-order valence-electron chi connectivity index (χ3n) is 17.3. The number of fused-ring (bicyclic) bond motifs is 2. The molecule has 1 aliphatic carbocycles. The predicted molar refractivity (Wildman–Crippen MR) is 298 cm³/mol. The highest BCUT2D eigenvalue weighted by Crippen LogP contribution is 2.47. The molecule has 6 aliphatic heterocycles. The second kappa shape index (κ2) is 26.8. The maximum absolute atomic E-state index is 14.3. The van der Waals surface area contributed by atoms with Crippen LogP contribution in [0, 0.1) is 23.7 Å². The van der Waals surface area contributed by atoms with Crippen molar-refractivity contribution in [3.8, 4) is 17.2 Å². The lowest BCUT2D eigenvalue weighted by Gasteiger charge is -2.48. The lowest BCUT2D eigenvalue weighted by molar-refractivity contribution is -0.318. The number of ketones is 1. The van der Waals surface area contributed by atoms with Crippen molar-refractivity contribution in [1.29, 1.82) is 0 Å². The SMILES string of the molecule is CCC(C)C1OC2(C=CC1C)CC1CC(CC=C(C)C(OC3CC(OC)C(OC4CC(OC)C(O)C(C)O4)C(C)O3)C(C)C=CC=C3COC4C(O)C(C)=CC(C(=O)O1)C34O)O2.COc1ccc(CC(=O)c2ccc(O)cc2O)cc1. The average molecular weight is 1130 g/mol. The van der Waals surface area contributed by atoms with Gasteiger partial charge in [-0.15, -0.1) is 0 Å². The molecule has 7 aliphatic rings. The largest absolute Gasteiger partial charge is 0.508 e. The van der Waals surface area contributed by atoms with E-state index in [2.05, 4.69) is 39.8 Å². The molecule has 2 aromatic carbocycles. The number of benzene rings is 2. The highest BCUT2D eigenvalue weighted by Gasteiger charge is 2.60. The van der Waals surface area contributed by atoms with E-state index in [1.54, 1.807) is 71.6 Å². The zero-order valence-corrected chi connectivity index (χ0v) is 48.7. The molecule has 5 N–H and O–H groups in total. The summed E-state index contributed by atoms with van der Waals surface area (Å²) in [5.41, 5.74) is 1.17. The number of carbonyl (C=O) groups excluding carboxylic acids is 2. The Hall–Kier alpha value is -4.80. The highest BCUT2D eigenvalue weighted by molar-refractivity contribution is 6.00. The number of carbonyl (C=O) groups is 2. The van der Waals surface area contributed by atoms with E-state index in [1.165, 1.54) is 12.1 Å². The van der Waals surface area contributed by atoms with Gasteiger partial charge in [-0.2, -0.15) is 0 Å². The first-order valence-corrected chi connectivity index (χ1v) is 28.6. The number of hydrogen-bond donors (Lipinski definition) is 5. The number of aliphatic hydroxyl groups is 3. The maximum atomic E-state index is 14.3. The smallest absolute Gasteiger partial charge is 0.316 e. The van der Waals surface area contributed by atoms with E-state index < -0.39 is 90.8 Å².